The number of hydrogen-bond donors (Lipinski definition) is 1. The summed E-state index contributed by atoms with van der Waals surface area (Å²) in [5, 5.41) is 0. The summed E-state index contributed by atoms with van der Waals surface area (Å²) in [5.41, 5.74) is 3.63. The summed E-state index contributed by atoms with van der Waals surface area (Å²) in [4.78, 5) is 16.5. The molecule has 0 spiro atoms. The first-order chi connectivity index (χ1) is 7.24. The number of thioether (sulfide) groups is 1. The molecule has 15 heavy (non-hydrogen) atoms. The molecule has 0 radical (unpaired) electrons. The summed E-state index contributed by atoms with van der Waals surface area (Å²) < 4.78 is 0. The Balaban J connectivity index is 2.43. The molecule has 0 amide bonds. The average molecular weight is 225 g/mol. The second-order valence-electron chi connectivity index (χ2n) is 3.14. The molecule has 0 aliphatic carbocycles. The number of hydrogen-bond acceptors (Lipinski definition) is 4. The van der Waals surface area contributed by atoms with Gasteiger partial charge in [0.2, 0.25) is 0 Å². The van der Waals surface area contributed by atoms with Gasteiger partial charge in [0.25, 0.3) is 0 Å². The third-order valence-electron chi connectivity index (χ3n) is 1.86. The number of ketones is 1. The zero-order chi connectivity index (χ0) is 11.1. The van der Waals surface area contributed by atoms with Crippen LogP contribution in [0.1, 0.15) is 6.92 Å². The van der Waals surface area contributed by atoms with Gasteiger partial charge in [-0.1, -0.05) is 18.2 Å². The predicted octanol–water partition coefficient (Wildman–Crippen LogP) is 2.35. The molecule has 0 aliphatic rings. The number of carbonyl (C=O) groups excluding carboxylic acids is 1. The molecule has 0 aliphatic heterocycles. The van der Waals surface area contributed by atoms with Crippen LogP contribution in [0.2, 0.25) is 0 Å². The van der Waals surface area contributed by atoms with E-state index in [0.29, 0.717) is 5.75 Å². The van der Waals surface area contributed by atoms with Crippen LogP contribution in [0.4, 0.5) is 5.69 Å². The molecule has 82 valence electrons. The Hall–Kier alpha value is -1.00. The number of Topliss-reactive ketones (excluding diaryl/α,β-unsaturated/α-hetero) is 1. The summed E-state index contributed by atoms with van der Waals surface area (Å²) in [7, 11) is 0. The molecule has 1 aromatic rings. The Morgan fingerprint density at radius 2 is 2.13 bits per heavy atom. The number of carbonyl (C=O) groups is 1. The van der Waals surface area contributed by atoms with Crippen LogP contribution >= 0.6 is 11.8 Å². The van der Waals surface area contributed by atoms with Crippen molar-refractivity contribution in [3.63, 3.8) is 0 Å². The molecule has 1 N–H and O–H groups in total. The lowest BCUT2D eigenvalue weighted by Gasteiger charge is -2.14. The fourth-order valence-electron chi connectivity index (χ4n) is 1.03. The van der Waals surface area contributed by atoms with Crippen molar-refractivity contribution < 1.29 is 9.63 Å². The van der Waals surface area contributed by atoms with E-state index < -0.39 is 0 Å². The van der Waals surface area contributed by atoms with Crippen LogP contribution in [0.25, 0.3) is 0 Å². The highest BCUT2D eigenvalue weighted by Crippen LogP contribution is 2.08. The summed E-state index contributed by atoms with van der Waals surface area (Å²) in [6.45, 7) is 1.54. The fourth-order valence-corrected chi connectivity index (χ4v) is 1.64. The molecular weight excluding hydrogens is 210 g/mol. The number of para-hydroxylation sites is 1. The van der Waals surface area contributed by atoms with Crippen molar-refractivity contribution in [2.45, 2.75) is 13.0 Å². The SMILES string of the molecule is CSC[C@@H](ONc1ccccc1)C(C)=O. The van der Waals surface area contributed by atoms with E-state index in [1.807, 2.05) is 36.6 Å². The van der Waals surface area contributed by atoms with Crippen LogP contribution in [0.15, 0.2) is 30.3 Å². The Bertz CT molecular complexity index is 303. The van der Waals surface area contributed by atoms with Crippen LogP contribution in [-0.4, -0.2) is 23.9 Å². The van der Waals surface area contributed by atoms with Crippen molar-refractivity contribution in [3.8, 4) is 0 Å². The van der Waals surface area contributed by atoms with Crippen molar-refractivity contribution in [2.75, 3.05) is 17.5 Å². The lowest BCUT2D eigenvalue weighted by Crippen LogP contribution is -2.27. The molecule has 0 saturated heterocycles. The zero-order valence-corrected chi connectivity index (χ0v) is 9.71. The minimum absolute atomic E-state index is 0.0350. The van der Waals surface area contributed by atoms with Crippen LogP contribution in [0.3, 0.4) is 0 Å². The van der Waals surface area contributed by atoms with E-state index in [-0.39, 0.29) is 11.9 Å². The van der Waals surface area contributed by atoms with Gasteiger partial charge in [-0.25, -0.2) is 0 Å². The van der Waals surface area contributed by atoms with E-state index in [1.54, 1.807) is 11.8 Å². The molecule has 4 heteroatoms. The summed E-state index contributed by atoms with van der Waals surface area (Å²) in [6, 6.07) is 9.51. The monoisotopic (exact) mass is 225 g/mol. The number of benzene rings is 1. The Morgan fingerprint density at radius 1 is 1.47 bits per heavy atom. The van der Waals surface area contributed by atoms with E-state index in [9.17, 15) is 4.79 Å². The average Bonchev–Trinajstić information content (AvgIpc) is 2.25. The predicted molar refractivity (Wildman–Crippen MR) is 64.0 cm³/mol. The quantitative estimate of drug-likeness (QED) is 0.754. The van der Waals surface area contributed by atoms with Gasteiger partial charge in [0.1, 0.15) is 0 Å². The summed E-state index contributed by atoms with van der Waals surface area (Å²) in [5.74, 6) is 0.697. The highest BCUT2D eigenvalue weighted by molar-refractivity contribution is 7.98. The molecule has 0 aromatic heterocycles. The molecule has 1 aromatic carbocycles. The highest BCUT2D eigenvalue weighted by Gasteiger charge is 2.14. The first-order valence-electron chi connectivity index (χ1n) is 4.70. The third kappa shape index (κ3) is 4.36. The number of nitrogens with one attached hydrogen (secondary N) is 1. The van der Waals surface area contributed by atoms with Gasteiger partial charge in [-0.2, -0.15) is 11.8 Å². The van der Waals surface area contributed by atoms with Crippen molar-refractivity contribution in [1.82, 2.24) is 0 Å². The summed E-state index contributed by atoms with van der Waals surface area (Å²) >= 11 is 1.59. The topological polar surface area (TPSA) is 38.3 Å². The van der Waals surface area contributed by atoms with Crippen LogP contribution < -0.4 is 5.48 Å². The molecule has 3 nitrogen and oxygen atoms in total. The van der Waals surface area contributed by atoms with E-state index in [4.69, 9.17) is 4.84 Å². The molecule has 0 fully saturated rings. The minimum Gasteiger partial charge on any atom is -0.297 e. The molecule has 0 saturated carbocycles. The smallest absolute Gasteiger partial charge is 0.162 e. The van der Waals surface area contributed by atoms with Crippen LogP contribution in [0, 0.1) is 0 Å². The maximum Gasteiger partial charge on any atom is 0.162 e. The lowest BCUT2D eigenvalue weighted by molar-refractivity contribution is -0.125. The molecule has 0 bridgehead atoms. The minimum atomic E-state index is -0.389. The van der Waals surface area contributed by atoms with Gasteiger partial charge in [0, 0.05) is 5.75 Å². The third-order valence-corrected chi connectivity index (χ3v) is 2.50. The standard InChI is InChI=1S/C11H15NO2S/c1-9(13)11(8-15-2)14-12-10-6-4-3-5-7-10/h3-7,11-12H,8H2,1-2H3/t11-/m1/s1. The summed E-state index contributed by atoms with van der Waals surface area (Å²) in [6.07, 6.45) is 1.56. The Kier molecular flexibility index (Phi) is 5.21. The number of anilines is 1. The molecule has 0 unspecified atom stereocenters. The second kappa shape index (κ2) is 6.48. The van der Waals surface area contributed by atoms with Gasteiger partial charge in [-0.05, 0) is 25.3 Å². The lowest BCUT2D eigenvalue weighted by atomic mass is 10.3. The normalized spacial score (nSPS) is 12.1. The van der Waals surface area contributed by atoms with Crippen molar-refractivity contribution in [2.24, 2.45) is 0 Å². The van der Waals surface area contributed by atoms with Gasteiger partial charge >= 0.3 is 0 Å². The second-order valence-corrected chi connectivity index (χ2v) is 4.05. The number of rotatable bonds is 6. The molecule has 1 atom stereocenters. The molecule has 1 rings (SSSR count). The van der Waals surface area contributed by atoms with Crippen LogP contribution in [-0.2, 0) is 9.63 Å². The van der Waals surface area contributed by atoms with Gasteiger partial charge < -0.3 is 0 Å². The van der Waals surface area contributed by atoms with Crippen molar-refractivity contribution in [3.05, 3.63) is 30.3 Å². The fraction of sp³-hybridized carbons (Fsp3) is 0.364. The maximum atomic E-state index is 11.2. The van der Waals surface area contributed by atoms with Crippen LogP contribution in [0.5, 0.6) is 0 Å². The van der Waals surface area contributed by atoms with E-state index in [2.05, 4.69) is 5.48 Å². The van der Waals surface area contributed by atoms with Gasteiger partial charge in [0.05, 0.1) is 5.69 Å². The van der Waals surface area contributed by atoms with Gasteiger partial charge in [-0.3, -0.25) is 15.1 Å². The van der Waals surface area contributed by atoms with Gasteiger partial charge in [-0.15, -0.1) is 0 Å². The van der Waals surface area contributed by atoms with Crippen molar-refractivity contribution >= 4 is 23.2 Å². The van der Waals surface area contributed by atoms with E-state index in [1.165, 1.54) is 6.92 Å². The molecular formula is C11H15NO2S. The Labute approximate surface area is 94.2 Å². The first kappa shape index (κ1) is 12.1. The maximum absolute atomic E-state index is 11.2. The Morgan fingerprint density at radius 3 is 2.67 bits per heavy atom. The first-order valence-corrected chi connectivity index (χ1v) is 6.09. The highest BCUT2D eigenvalue weighted by atomic mass is 32.2. The molecule has 0 heterocycles. The largest absolute Gasteiger partial charge is 0.297 e. The zero-order valence-electron chi connectivity index (χ0n) is 8.90. The van der Waals surface area contributed by atoms with Crippen molar-refractivity contribution in [1.29, 1.82) is 0 Å². The van der Waals surface area contributed by atoms with E-state index >= 15 is 0 Å². The van der Waals surface area contributed by atoms with Gasteiger partial charge in [0.15, 0.2) is 11.9 Å². The van der Waals surface area contributed by atoms with E-state index in [0.717, 1.165) is 5.69 Å².